The Labute approximate surface area is 236 Å². The van der Waals surface area contributed by atoms with Crippen molar-refractivity contribution in [2.75, 3.05) is 0 Å². The Hall–Kier alpha value is -2.44. The molecular weight excluding hydrogens is 546 g/mol. The molecule has 5 aromatic rings. The van der Waals surface area contributed by atoms with E-state index in [0.29, 0.717) is 0 Å². The van der Waals surface area contributed by atoms with E-state index in [4.69, 9.17) is 0 Å². The summed E-state index contributed by atoms with van der Waals surface area (Å²) in [6.45, 7) is 2.08. The number of fused-ring (bicyclic) bond motifs is 3. The van der Waals surface area contributed by atoms with E-state index in [0.717, 1.165) is 6.42 Å². The predicted octanol–water partition coefficient (Wildman–Crippen LogP) is 1.58. The van der Waals surface area contributed by atoms with E-state index in [1.54, 1.807) is 0 Å². The van der Waals surface area contributed by atoms with Gasteiger partial charge < -0.3 is 24.8 Å². The molecule has 0 bridgehead atoms. The van der Waals surface area contributed by atoms with Gasteiger partial charge in [0.25, 0.3) is 0 Å². The molecule has 0 aromatic heterocycles. The zero-order valence-corrected chi connectivity index (χ0v) is 23.6. The quantitative estimate of drug-likeness (QED) is 0.277. The second-order valence-electron chi connectivity index (χ2n) is 7.97. The molecule has 0 nitrogen and oxygen atoms in total. The van der Waals surface area contributed by atoms with Gasteiger partial charge in [0.05, 0.1) is 0 Å². The molecule has 0 aliphatic heterocycles. The molecule has 5 aromatic carbocycles. The molecule has 0 fully saturated rings. The van der Waals surface area contributed by atoms with Crippen molar-refractivity contribution in [3.05, 3.63) is 161 Å². The number of halogens is 2. The van der Waals surface area contributed by atoms with Gasteiger partial charge in [-0.3, -0.25) is 0 Å². The summed E-state index contributed by atoms with van der Waals surface area (Å²) in [6, 6.07) is 47.5. The van der Waals surface area contributed by atoms with Gasteiger partial charge in [-0.05, 0) is 6.42 Å². The molecule has 35 heavy (non-hydrogen) atoms. The summed E-state index contributed by atoms with van der Waals surface area (Å²) in [5.41, 5.74) is 9.51. The van der Waals surface area contributed by atoms with Crippen LogP contribution in [0.2, 0.25) is 0 Å². The smallest absolute Gasteiger partial charge is 0.0253 e. The fourth-order valence-corrected chi connectivity index (χ4v) is 4.66. The number of aryl methyl sites for hydroxylation is 1. The van der Waals surface area contributed by atoms with Crippen molar-refractivity contribution in [1.82, 2.24) is 0 Å². The summed E-state index contributed by atoms with van der Waals surface area (Å²) in [5.74, 6) is 0. The van der Waals surface area contributed by atoms with Gasteiger partial charge in [0.15, 0.2) is 0 Å². The van der Waals surface area contributed by atoms with Crippen LogP contribution in [0.4, 0.5) is 0 Å². The van der Waals surface area contributed by atoms with Crippen LogP contribution in [-0.4, -0.2) is 3.21 Å². The van der Waals surface area contributed by atoms with Crippen LogP contribution in [0.3, 0.4) is 0 Å². The molecule has 0 amide bonds. The maximum atomic E-state index is 3.30. The van der Waals surface area contributed by atoms with E-state index in [1.165, 1.54) is 66.4 Å². The van der Waals surface area contributed by atoms with E-state index in [9.17, 15) is 0 Å². The van der Waals surface area contributed by atoms with Gasteiger partial charge in [-0.25, -0.2) is 11.6 Å². The maximum Gasteiger partial charge on any atom is -0.0253 e. The molecule has 0 N–H and O–H groups in total. The molecule has 0 radical (unpaired) electrons. The van der Waals surface area contributed by atoms with Gasteiger partial charge in [-0.2, -0.15) is 48.0 Å². The number of rotatable bonds is 2. The minimum atomic E-state index is 0. The molecule has 1 aliphatic rings. The summed E-state index contributed by atoms with van der Waals surface area (Å²) in [5, 5.41) is 0. The topological polar surface area (TPSA) is 0 Å². The SMILES string of the molecule is Cc1cc[cH-]c1.[Cl-].[Cl-].[Zr+2]=[C](c1ccccc1)c1ccccc1.[c-]1cccc2c1Cc1ccccc1-2. The summed E-state index contributed by atoms with van der Waals surface area (Å²) in [4.78, 5) is 0. The molecule has 1 aliphatic carbocycles. The number of benzene rings is 4. The van der Waals surface area contributed by atoms with Crippen molar-refractivity contribution in [3.8, 4) is 11.1 Å². The summed E-state index contributed by atoms with van der Waals surface area (Å²) < 4.78 is 1.42. The van der Waals surface area contributed by atoms with Crippen LogP contribution in [0.5, 0.6) is 0 Å². The summed E-state index contributed by atoms with van der Waals surface area (Å²) in [6.07, 6.45) is 1.05. The van der Waals surface area contributed by atoms with Crippen LogP contribution >= 0.6 is 0 Å². The molecule has 0 unspecified atom stereocenters. The van der Waals surface area contributed by atoms with Gasteiger partial charge >= 0.3 is 99.2 Å². The Morgan fingerprint density at radius 1 is 0.714 bits per heavy atom. The zero-order valence-electron chi connectivity index (χ0n) is 19.6. The number of hydrogen-bond donors (Lipinski definition) is 0. The van der Waals surface area contributed by atoms with Crippen LogP contribution < -0.4 is 24.8 Å². The Balaban J connectivity index is 0.000000192. The van der Waals surface area contributed by atoms with Crippen molar-refractivity contribution in [2.45, 2.75) is 13.3 Å². The molecule has 0 heterocycles. The first-order valence-electron chi connectivity index (χ1n) is 11.2. The molecule has 0 spiro atoms. The van der Waals surface area contributed by atoms with Crippen molar-refractivity contribution < 1.29 is 49.0 Å². The third-order valence-electron chi connectivity index (χ3n) is 5.57. The van der Waals surface area contributed by atoms with Crippen molar-refractivity contribution >= 4 is 3.21 Å². The zero-order chi connectivity index (χ0) is 22.9. The van der Waals surface area contributed by atoms with Crippen molar-refractivity contribution in [3.63, 3.8) is 0 Å². The van der Waals surface area contributed by atoms with Crippen molar-refractivity contribution in [1.29, 1.82) is 0 Å². The van der Waals surface area contributed by atoms with E-state index >= 15 is 0 Å². The Morgan fingerprint density at radius 3 is 1.83 bits per heavy atom. The Kier molecular flexibility index (Phi) is 12.2. The molecular formula is C32H26Cl2Zr-2. The van der Waals surface area contributed by atoms with Crippen LogP contribution in [0.1, 0.15) is 27.8 Å². The summed E-state index contributed by atoms with van der Waals surface area (Å²) >= 11 is 1.46. The van der Waals surface area contributed by atoms with E-state index in [1.807, 2.05) is 18.2 Å². The van der Waals surface area contributed by atoms with Crippen molar-refractivity contribution in [2.24, 2.45) is 0 Å². The number of hydrogen-bond acceptors (Lipinski definition) is 0. The monoisotopic (exact) mass is 570 g/mol. The first-order chi connectivity index (χ1) is 16.2. The van der Waals surface area contributed by atoms with Gasteiger partial charge in [-0.1, -0.05) is 42.3 Å². The minimum absolute atomic E-state index is 0. The average Bonchev–Trinajstić information content (AvgIpc) is 3.52. The van der Waals surface area contributed by atoms with Crippen LogP contribution in [0, 0.1) is 13.0 Å². The summed E-state index contributed by atoms with van der Waals surface area (Å²) in [7, 11) is 0. The Morgan fingerprint density at radius 2 is 1.29 bits per heavy atom. The fourth-order valence-electron chi connectivity index (χ4n) is 3.84. The standard InChI is InChI=1S/C13H9.C13H10.C6H7.2ClH.Zr/c1-3-7-12-10(5-1)9-11-6-2-4-8-13(11)12;1-3-7-12(8-4-1)11-13-9-5-2-6-10-13;1-6-4-2-3-5-6;;;/h1-5,7-8H,9H2;1-10H;2-5H,1H3;2*1H;/q-1;;-1;;;+2/p-2. The third-order valence-corrected chi connectivity index (χ3v) is 6.99. The second-order valence-corrected chi connectivity index (χ2v) is 9.19. The van der Waals surface area contributed by atoms with Crippen LogP contribution in [-0.2, 0) is 30.7 Å². The molecule has 174 valence electrons. The molecule has 6 rings (SSSR count). The maximum absolute atomic E-state index is 3.30. The first kappa shape index (κ1) is 28.8. The van der Waals surface area contributed by atoms with Crippen LogP contribution in [0.25, 0.3) is 11.1 Å². The molecule has 0 saturated heterocycles. The normalized spacial score (nSPS) is 10.0. The third kappa shape index (κ3) is 8.04. The second kappa shape index (κ2) is 14.8. The average molecular weight is 573 g/mol. The van der Waals surface area contributed by atoms with E-state index in [2.05, 4.69) is 122 Å². The van der Waals surface area contributed by atoms with Gasteiger partial charge in [-0.15, -0.1) is 5.56 Å². The first-order valence-corrected chi connectivity index (χ1v) is 12.4. The van der Waals surface area contributed by atoms with Gasteiger partial charge in [0.1, 0.15) is 0 Å². The van der Waals surface area contributed by atoms with E-state index in [-0.39, 0.29) is 24.8 Å². The predicted molar refractivity (Wildman–Crippen MR) is 136 cm³/mol. The van der Waals surface area contributed by atoms with Crippen LogP contribution in [0.15, 0.2) is 127 Å². The van der Waals surface area contributed by atoms with E-state index < -0.39 is 0 Å². The largest absolute Gasteiger partial charge is 0.179 e. The van der Waals surface area contributed by atoms with Gasteiger partial charge in [0.2, 0.25) is 0 Å². The molecule has 3 heteroatoms. The van der Waals surface area contributed by atoms with Gasteiger partial charge in [0, 0.05) is 0 Å². The fraction of sp³-hybridized carbons (Fsp3) is 0.0625. The molecule has 0 atom stereocenters. The molecule has 0 saturated carbocycles. The Bertz CT molecular complexity index is 1210. The minimum Gasteiger partial charge on any atom is -0.179 e.